The highest BCUT2D eigenvalue weighted by atomic mass is 19.4. The first-order valence-electron chi connectivity index (χ1n) is 8.08. The van der Waals surface area contributed by atoms with Gasteiger partial charge in [-0.05, 0) is 36.6 Å². The molecule has 0 radical (unpaired) electrons. The van der Waals surface area contributed by atoms with Crippen LogP contribution in [0.25, 0.3) is 0 Å². The van der Waals surface area contributed by atoms with Crippen LogP contribution in [-0.2, 0) is 6.42 Å². The average Bonchev–Trinajstić information content (AvgIpc) is 2.82. The third-order valence-corrected chi connectivity index (χ3v) is 3.90. The molecule has 0 saturated carbocycles. The van der Waals surface area contributed by atoms with Crippen LogP contribution >= 0.6 is 0 Å². The van der Waals surface area contributed by atoms with Gasteiger partial charge < -0.3 is 14.8 Å². The van der Waals surface area contributed by atoms with Crippen molar-refractivity contribution in [3.63, 3.8) is 0 Å². The molecule has 138 valence electrons. The Labute approximate surface area is 148 Å². The van der Waals surface area contributed by atoms with Gasteiger partial charge in [-0.3, -0.25) is 4.79 Å². The summed E-state index contributed by atoms with van der Waals surface area (Å²) in [6.07, 6.45) is -1.85. The standard InChI is InChI=1S/C18H17F3N2O3/c19-18(20,21)11-26-17-14(5-3-9-22-17)16(24)23-13-8-7-12-4-1-2-6-15(12)25-10-13/h1-6,9,13H,7-8,10-11H2,(H,23,24). The van der Waals surface area contributed by atoms with Crippen LogP contribution in [0.3, 0.4) is 0 Å². The number of alkyl halides is 3. The van der Waals surface area contributed by atoms with Gasteiger partial charge in [0.2, 0.25) is 5.88 Å². The Morgan fingerprint density at radius 2 is 2.08 bits per heavy atom. The van der Waals surface area contributed by atoms with E-state index in [-0.39, 0.29) is 24.1 Å². The number of halogens is 3. The molecule has 0 aliphatic carbocycles. The van der Waals surface area contributed by atoms with Gasteiger partial charge >= 0.3 is 6.18 Å². The lowest BCUT2D eigenvalue weighted by atomic mass is 10.1. The van der Waals surface area contributed by atoms with Gasteiger partial charge in [0, 0.05) is 6.20 Å². The number of hydrogen-bond acceptors (Lipinski definition) is 4. The van der Waals surface area contributed by atoms with Gasteiger partial charge in [-0.2, -0.15) is 13.2 Å². The highest BCUT2D eigenvalue weighted by molar-refractivity contribution is 5.96. The molecular formula is C18H17F3N2O3. The van der Waals surface area contributed by atoms with E-state index in [9.17, 15) is 18.0 Å². The van der Waals surface area contributed by atoms with E-state index in [1.807, 2.05) is 24.3 Å². The molecule has 1 aliphatic heterocycles. The Balaban J connectivity index is 1.65. The minimum atomic E-state index is -4.51. The number of carbonyl (C=O) groups is 1. The quantitative estimate of drug-likeness (QED) is 0.903. The molecule has 0 bridgehead atoms. The van der Waals surface area contributed by atoms with E-state index >= 15 is 0 Å². The molecule has 1 aromatic heterocycles. The van der Waals surface area contributed by atoms with Crippen LogP contribution in [0.15, 0.2) is 42.6 Å². The minimum Gasteiger partial charge on any atom is -0.491 e. The molecule has 1 N–H and O–H groups in total. The van der Waals surface area contributed by atoms with Crippen molar-refractivity contribution < 1.29 is 27.4 Å². The Morgan fingerprint density at radius 1 is 1.27 bits per heavy atom. The van der Waals surface area contributed by atoms with E-state index in [2.05, 4.69) is 15.0 Å². The van der Waals surface area contributed by atoms with Crippen molar-refractivity contribution in [2.45, 2.75) is 25.1 Å². The fraction of sp³-hybridized carbons (Fsp3) is 0.333. The third kappa shape index (κ3) is 4.65. The molecule has 2 heterocycles. The predicted octanol–water partition coefficient (Wildman–Crippen LogP) is 3.15. The lowest BCUT2D eigenvalue weighted by Gasteiger charge is -2.17. The molecule has 26 heavy (non-hydrogen) atoms. The molecule has 1 unspecified atom stereocenters. The zero-order chi connectivity index (χ0) is 18.6. The Kier molecular flexibility index (Phi) is 5.29. The molecule has 2 aromatic rings. The first-order valence-corrected chi connectivity index (χ1v) is 8.08. The molecule has 1 atom stereocenters. The molecule has 1 aliphatic rings. The molecule has 8 heteroatoms. The Morgan fingerprint density at radius 3 is 2.88 bits per heavy atom. The summed E-state index contributed by atoms with van der Waals surface area (Å²) in [5.74, 6) is -0.116. The average molecular weight is 366 g/mol. The first-order chi connectivity index (χ1) is 12.4. The van der Waals surface area contributed by atoms with Crippen LogP contribution in [0.1, 0.15) is 22.3 Å². The summed E-state index contributed by atoms with van der Waals surface area (Å²) in [7, 11) is 0. The maximum absolute atomic E-state index is 12.5. The fourth-order valence-electron chi connectivity index (χ4n) is 2.66. The number of ether oxygens (including phenoxy) is 2. The minimum absolute atomic E-state index is 0.0430. The zero-order valence-electron chi connectivity index (χ0n) is 13.8. The Bertz CT molecular complexity index is 753. The largest absolute Gasteiger partial charge is 0.491 e. The second-order valence-electron chi connectivity index (χ2n) is 5.89. The van der Waals surface area contributed by atoms with Crippen LogP contribution in [0.4, 0.5) is 13.2 Å². The highest BCUT2D eigenvalue weighted by Crippen LogP contribution is 2.24. The van der Waals surface area contributed by atoms with Gasteiger partial charge in [-0.25, -0.2) is 4.98 Å². The topological polar surface area (TPSA) is 60.5 Å². The number of fused-ring (bicyclic) bond motifs is 1. The number of hydrogen-bond donors (Lipinski definition) is 1. The van der Waals surface area contributed by atoms with Crippen molar-refractivity contribution in [2.75, 3.05) is 13.2 Å². The van der Waals surface area contributed by atoms with E-state index in [1.165, 1.54) is 18.3 Å². The van der Waals surface area contributed by atoms with E-state index in [4.69, 9.17) is 4.74 Å². The number of nitrogens with zero attached hydrogens (tertiary/aromatic N) is 1. The van der Waals surface area contributed by atoms with Crippen LogP contribution in [0, 0.1) is 0 Å². The lowest BCUT2D eigenvalue weighted by molar-refractivity contribution is -0.154. The smallest absolute Gasteiger partial charge is 0.422 e. The second kappa shape index (κ2) is 7.63. The van der Waals surface area contributed by atoms with Crippen LogP contribution < -0.4 is 14.8 Å². The second-order valence-corrected chi connectivity index (χ2v) is 5.89. The maximum Gasteiger partial charge on any atom is 0.422 e. The monoisotopic (exact) mass is 366 g/mol. The van der Waals surface area contributed by atoms with Crippen LogP contribution in [-0.4, -0.2) is 36.3 Å². The normalized spacial score (nSPS) is 16.8. The summed E-state index contributed by atoms with van der Waals surface area (Å²) < 4.78 is 47.4. The van der Waals surface area contributed by atoms with Gasteiger partial charge in [0.05, 0.1) is 6.04 Å². The van der Waals surface area contributed by atoms with Crippen molar-refractivity contribution in [3.8, 4) is 11.6 Å². The predicted molar refractivity (Wildman–Crippen MR) is 87.3 cm³/mol. The molecule has 3 rings (SSSR count). The van der Waals surface area contributed by atoms with E-state index in [0.29, 0.717) is 6.42 Å². The molecule has 1 aromatic carbocycles. The molecule has 0 saturated heterocycles. The van der Waals surface area contributed by atoms with Crippen LogP contribution in [0.2, 0.25) is 0 Å². The summed E-state index contributed by atoms with van der Waals surface area (Å²) >= 11 is 0. The molecule has 5 nitrogen and oxygen atoms in total. The van der Waals surface area contributed by atoms with Gasteiger partial charge in [0.15, 0.2) is 6.61 Å². The van der Waals surface area contributed by atoms with Gasteiger partial charge in [0.1, 0.15) is 17.9 Å². The number of nitrogens with one attached hydrogen (secondary N) is 1. The summed E-state index contributed by atoms with van der Waals surface area (Å²) in [5, 5.41) is 2.78. The zero-order valence-corrected chi connectivity index (χ0v) is 13.8. The van der Waals surface area contributed by atoms with Crippen LogP contribution in [0.5, 0.6) is 11.6 Å². The number of carbonyl (C=O) groups excluding carboxylic acids is 1. The number of pyridine rings is 1. The summed E-state index contributed by atoms with van der Waals surface area (Å²) in [4.78, 5) is 16.2. The number of amides is 1. The summed E-state index contributed by atoms with van der Waals surface area (Å²) in [6, 6.07) is 10.2. The van der Waals surface area contributed by atoms with Crippen molar-refractivity contribution >= 4 is 5.91 Å². The fourth-order valence-corrected chi connectivity index (χ4v) is 2.66. The SMILES string of the molecule is O=C(NC1CCc2ccccc2OC1)c1cccnc1OCC(F)(F)F. The third-order valence-electron chi connectivity index (χ3n) is 3.90. The molecule has 0 fully saturated rings. The molecule has 0 spiro atoms. The highest BCUT2D eigenvalue weighted by Gasteiger charge is 2.30. The number of aryl methyl sites for hydroxylation is 1. The van der Waals surface area contributed by atoms with Gasteiger partial charge in [-0.1, -0.05) is 18.2 Å². The summed E-state index contributed by atoms with van der Waals surface area (Å²) in [6.45, 7) is -1.23. The van der Waals surface area contributed by atoms with E-state index in [1.54, 1.807) is 0 Å². The molecule has 1 amide bonds. The van der Waals surface area contributed by atoms with E-state index in [0.717, 1.165) is 17.7 Å². The number of benzene rings is 1. The Hall–Kier alpha value is -2.77. The van der Waals surface area contributed by atoms with Crippen molar-refractivity contribution in [1.29, 1.82) is 0 Å². The van der Waals surface area contributed by atoms with Gasteiger partial charge in [0.25, 0.3) is 5.91 Å². The van der Waals surface area contributed by atoms with Gasteiger partial charge in [-0.15, -0.1) is 0 Å². The lowest BCUT2D eigenvalue weighted by Crippen LogP contribution is -2.39. The number of aromatic nitrogens is 1. The maximum atomic E-state index is 12.5. The number of para-hydroxylation sites is 1. The van der Waals surface area contributed by atoms with Crippen molar-refractivity contribution in [3.05, 3.63) is 53.7 Å². The first kappa shape index (κ1) is 18.0. The molecular weight excluding hydrogens is 349 g/mol. The van der Waals surface area contributed by atoms with Crippen molar-refractivity contribution in [1.82, 2.24) is 10.3 Å². The van der Waals surface area contributed by atoms with E-state index < -0.39 is 18.7 Å². The van der Waals surface area contributed by atoms with Crippen molar-refractivity contribution in [2.24, 2.45) is 0 Å². The number of rotatable bonds is 4. The summed E-state index contributed by atoms with van der Waals surface area (Å²) in [5.41, 5.74) is 1.01.